The predicted molar refractivity (Wildman–Crippen MR) is 111 cm³/mol. The van der Waals surface area contributed by atoms with Gasteiger partial charge in [0.05, 0.1) is 0 Å². The van der Waals surface area contributed by atoms with E-state index in [4.69, 9.17) is 0 Å². The fourth-order valence-electron chi connectivity index (χ4n) is 4.56. The highest BCUT2D eigenvalue weighted by Crippen LogP contribution is 2.45. The minimum atomic E-state index is 1.18. The van der Waals surface area contributed by atoms with Crippen LogP contribution in [0.4, 0.5) is 0 Å². The van der Waals surface area contributed by atoms with Crippen LogP contribution in [0.15, 0.2) is 84.9 Å². The number of fused-ring (bicyclic) bond motifs is 3. The van der Waals surface area contributed by atoms with Crippen LogP contribution >= 0.6 is 0 Å². The molecule has 0 amide bonds. The molecule has 5 rings (SSSR count). The molecule has 0 heteroatoms. The van der Waals surface area contributed by atoms with Gasteiger partial charge in [0.25, 0.3) is 0 Å². The van der Waals surface area contributed by atoms with E-state index in [1.165, 1.54) is 58.7 Å². The van der Waals surface area contributed by atoms with Crippen molar-refractivity contribution in [1.82, 2.24) is 0 Å². The van der Waals surface area contributed by atoms with Crippen LogP contribution in [0.1, 0.15) is 24.0 Å². The summed E-state index contributed by atoms with van der Waals surface area (Å²) >= 11 is 0. The molecule has 0 saturated heterocycles. The largest absolute Gasteiger partial charge is 0.0622 e. The maximum atomic E-state index is 2.32. The van der Waals surface area contributed by atoms with Crippen molar-refractivity contribution in [3.8, 4) is 22.3 Å². The first kappa shape index (κ1) is 15.4. The van der Waals surface area contributed by atoms with Gasteiger partial charge in [-0.25, -0.2) is 0 Å². The van der Waals surface area contributed by atoms with E-state index in [0.29, 0.717) is 0 Å². The molecule has 126 valence electrons. The number of hydrogen-bond donors (Lipinski definition) is 0. The lowest BCUT2D eigenvalue weighted by atomic mass is 9.78. The van der Waals surface area contributed by atoms with Crippen molar-refractivity contribution in [3.63, 3.8) is 0 Å². The SMILES string of the molecule is c1ccc(-c2c3c(c4ccccc4c2-c2ccccc2)CCCC3)cc1. The Morgan fingerprint density at radius 3 is 1.58 bits per heavy atom. The zero-order valence-corrected chi connectivity index (χ0v) is 14.9. The van der Waals surface area contributed by atoms with E-state index in [1.807, 2.05) is 0 Å². The zero-order valence-electron chi connectivity index (χ0n) is 14.9. The lowest BCUT2D eigenvalue weighted by molar-refractivity contribution is 0.691. The van der Waals surface area contributed by atoms with E-state index in [9.17, 15) is 0 Å². The fourth-order valence-corrected chi connectivity index (χ4v) is 4.56. The summed E-state index contributed by atoms with van der Waals surface area (Å²) in [5.41, 5.74) is 8.65. The van der Waals surface area contributed by atoms with Crippen molar-refractivity contribution in [2.45, 2.75) is 25.7 Å². The first-order valence-corrected chi connectivity index (χ1v) is 9.61. The second-order valence-corrected chi connectivity index (χ2v) is 7.19. The average molecular weight is 334 g/mol. The molecule has 0 saturated carbocycles. The number of rotatable bonds is 2. The zero-order chi connectivity index (χ0) is 17.3. The van der Waals surface area contributed by atoms with Gasteiger partial charge in [-0.3, -0.25) is 0 Å². The van der Waals surface area contributed by atoms with E-state index in [1.54, 1.807) is 11.1 Å². The molecule has 0 nitrogen and oxygen atoms in total. The summed E-state index contributed by atoms with van der Waals surface area (Å²) in [5.74, 6) is 0. The second-order valence-electron chi connectivity index (χ2n) is 7.19. The number of hydrogen-bond acceptors (Lipinski definition) is 0. The molecule has 0 radical (unpaired) electrons. The van der Waals surface area contributed by atoms with Crippen LogP contribution in [-0.2, 0) is 12.8 Å². The molecule has 0 fully saturated rings. The van der Waals surface area contributed by atoms with Gasteiger partial charge in [0.15, 0.2) is 0 Å². The highest BCUT2D eigenvalue weighted by Gasteiger charge is 2.22. The van der Waals surface area contributed by atoms with Gasteiger partial charge in [0.2, 0.25) is 0 Å². The van der Waals surface area contributed by atoms with E-state index in [-0.39, 0.29) is 0 Å². The quantitative estimate of drug-likeness (QED) is 0.368. The Morgan fingerprint density at radius 2 is 0.923 bits per heavy atom. The van der Waals surface area contributed by atoms with Crippen LogP contribution in [0.2, 0.25) is 0 Å². The molecule has 26 heavy (non-hydrogen) atoms. The number of aryl methyl sites for hydroxylation is 1. The van der Waals surface area contributed by atoms with Gasteiger partial charge in [-0.05, 0) is 69.8 Å². The van der Waals surface area contributed by atoms with Gasteiger partial charge in [-0.2, -0.15) is 0 Å². The normalized spacial score (nSPS) is 13.5. The molecule has 0 aromatic heterocycles. The Balaban J connectivity index is 1.97. The highest BCUT2D eigenvalue weighted by molar-refractivity contribution is 6.07. The summed E-state index contributed by atoms with van der Waals surface area (Å²) in [6.45, 7) is 0. The van der Waals surface area contributed by atoms with Gasteiger partial charge < -0.3 is 0 Å². The molecule has 0 N–H and O–H groups in total. The van der Waals surface area contributed by atoms with Crippen LogP contribution in [0.25, 0.3) is 33.0 Å². The molecule has 0 unspecified atom stereocenters. The average Bonchev–Trinajstić information content (AvgIpc) is 2.74. The Hall–Kier alpha value is -2.86. The van der Waals surface area contributed by atoms with Crippen molar-refractivity contribution < 1.29 is 0 Å². The van der Waals surface area contributed by atoms with Gasteiger partial charge in [-0.1, -0.05) is 84.9 Å². The molecule has 0 spiro atoms. The standard InChI is InChI=1S/C26H22/c1-3-11-19(12-4-1)25-23-17-9-7-15-21(23)22-16-8-10-18-24(22)26(25)20-13-5-2-6-14-20/h1-7,9,11-15,17H,8,10,16,18H2. The molecule has 0 heterocycles. The van der Waals surface area contributed by atoms with Crippen molar-refractivity contribution in [3.05, 3.63) is 96.1 Å². The van der Waals surface area contributed by atoms with Crippen LogP contribution in [-0.4, -0.2) is 0 Å². The van der Waals surface area contributed by atoms with Crippen molar-refractivity contribution >= 4 is 10.8 Å². The molecular weight excluding hydrogens is 312 g/mol. The minimum Gasteiger partial charge on any atom is -0.0622 e. The van der Waals surface area contributed by atoms with Gasteiger partial charge in [-0.15, -0.1) is 0 Å². The molecule has 0 aliphatic heterocycles. The summed E-state index contributed by atoms with van der Waals surface area (Å²) < 4.78 is 0. The summed E-state index contributed by atoms with van der Waals surface area (Å²) in [7, 11) is 0. The van der Waals surface area contributed by atoms with Crippen LogP contribution in [0.3, 0.4) is 0 Å². The minimum absolute atomic E-state index is 1.18. The maximum Gasteiger partial charge on any atom is -0.00238 e. The Kier molecular flexibility index (Phi) is 3.83. The van der Waals surface area contributed by atoms with Crippen molar-refractivity contribution in [2.24, 2.45) is 0 Å². The Morgan fingerprint density at radius 1 is 0.423 bits per heavy atom. The summed E-state index contributed by atoms with van der Waals surface area (Å²) in [6.07, 6.45) is 4.98. The summed E-state index contributed by atoms with van der Waals surface area (Å²) in [6, 6.07) is 30.9. The van der Waals surface area contributed by atoms with Gasteiger partial charge in [0.1, 0.15) is 0 Å². The molecular formula is C26H22. The third kappa shape index (κ3) is 2.45. The monoisotopic (exact) mass is 334 g/mol. The topological polar surface area (TPSA) is 0 Å². The Bertz CT molecular complexity index is 1060. The predicted octanol–water partition coefficient (Wildman–Crippen LogP) is 7.05. The molecule has 0 bridgehead atoms. The molecule has 1 aliphatic rings. The van der Waals surface area contributed by atoms with Gasteiger partial charge >= 0.3 is 0 Å². The van der Waals surface area contributed by atoms with Crippen molar-refractivity contribution in [1.29, 1.82) is 0 Å². The van der Waals surface area contributed by atoms with E-state index < -0.39 is 0 Å². The van der Waals surface area contributed by atoms with E-state index in [0.717, 1.165) is 0 Å². The van der Waals surface area contributed by atoms with Crippen LogP contribution in [0, 0.1) is 0 Å². The smallest absolute Gasteiger partial charge is 0.00238 e. The summed E-state index contributed by atoms with van der Waals surface area (Å²) in [5, 5.41) is 2.83. The third-order valence-electron chi connectivity index (χ3n) is 5.67. The second kappa shape index (κ2) is 6.46. The lowest BCUT2D eigenvalue weighted by Gasteiger charge is -2.26. The molecule has 4 aromatic rings. The first-order chi connectivity index (χ1) is 12.9. The molecule has 0 atom stereocenters. The first-order valence-electron chi connectivity index (χ1n) is 9.61. The summed E-state index contributed by atoms with van der Waals surface area (Å²) in [4.78, 5) is 0. The molecule has 1 aliphatic carbocycles. The van der Waals surface area contributed by atoms with Crippen LogP contribution < -0.4 is 0 Å². The van der Waals surface area contributed by atoms with Crippen molar-refractivity contribution in [2.75, 3.05) is 0 Å². The number of benzene rings is 4. The Labute approximate surface area is 155 Å². The fraction of sp³-hybridized carbons (Fsp3) is 0.154. The molecule has 4 aromatic carbocycles. The third-order valence-corrected chi connectivity index (χ3v) is 5.67. The van der Waals surface area contributed by atoms with E-state index in [2.05, 4.69) is 84.9 Å². The van der Waals surface area contributed by atoms with Gasteiger partial charge in [0, 0.05) is 0 Å². The van der Waals surface area contributed by atoms with Crippen LogP contribution in [0.5, 0.6) is 0 Å². The highest BCUT2D eigenvalue weighted by atomic mass is 14.3. The van der Waals surface area contributed by atoms with E-state index >= 15 is 0 Å². The lowest BCUT2D eigenvalue weighted by Crippen LogP contribution is -2.07. The maximum absolute atomic E-state index is 2.32.